The molecule has 2 unspecified atom stereocenters. The summed E-state index contributed by atoms with van der Waals surface area (Å²) in [4.78, 5) is 2.05. The Morgan fingerprint density at radius 2 is 2.00 bits per heavy atom. The smallest absolute Gasteiger partial charge is 0.0443 e. The minimum absolute atomic E-state index is 0.292. The molecule has 0 aliphatic rings. The molecule has 2 nitrogen and oxygen atoms in total. The van der Waals surface area contributed by atoms with Gasteiger partial charge >= 0.3 is 0 Å². The molecule has 3 heteroatoms. The fourth-order valence-electron chi connectivity index (χ4n) is 0.619. The summed E-state index contributed by atoms with van der Waals surface area (Å²) in [5.41, 5.74) is 0. The molecule has 0 rings (SSSR count). The molecule has 0 aromatic carbocycles. The van der Waals surface area contributed by atoms with Crippen molar-refractivity contribution in [2.24, 2.45) is 0 Å². The third-order valence-corrected chi connectivity index (χ3v) is 2.47. The Kier molecular flexibility index (Phi) is 4.06. The summed E-state index contributed by atoms with van der Waals surface area (Å²) >= 11 is 0. The largest absolute Gasteiger partial charge is 0.308 e. The van der Waals surface area contributed by atoms with Crippen LogP contribution in [0.15, 0.2) is 0 Å². The second kappa shape index (κ2) is 4.01. The van der Waals surface area contributed by atoms with Crippen molar-refractivity contribution >= 4 is 10.8 Å². The van der Waals surface area contributed by atoms with Crippen LogP contribution in [0.4, 0.5) is 0 Å². The van der Waals surface area contributed by atoms with Crippen LogP contribution in [0.5, 0.6) is 0 Å². The van der Waals surface area contributed by atoms with Gasteiger partial charge in [-0.2, -0.15) is 0 Å². The van der Waals surface area contributed by atoms with Crippen molar-refractivity contribution in [1.82, 2.24) is 4.90 Å². The van der Waals surface area contributed by atoms with E-state index in [4.69, 9.17) is 0 Å². The Morgan fingerprint density at radius 3 is 2.11 bits per heavy atom. The highest BCUT2D eigenvalue weighted by Gasteiger charge is 2.05. The predicted octanol–water partition coefficient (Wildman–Crippen LogP) is 0.315. The van der Waals surface area contributed by atoms with Crippen LogP contribution in [0.25, 0.3) is 0 Å². The molecular weight excluding hydrogens is 134 g/mol. The van der Waals surface area contributed by atoms with Crippen LogP contribution in [0.2, 0.25) is 0 Å². The molecular formula is C6H15NOS. The van der Waals surface area contributed by atoms with Gasteiger partial charge in [0.15, 0.2) is 0 Å². The van der Waals surface area contributed by atoms with E-state index in [-0.39, 0.29) is 0 Å². The summed E-state index contributed by atoms with van der Waals surface area (Å²) in [5.74, 6) is 0. The van der Waals surface area contributed by atoms with Crippen molar-refractivity contribution in [3.05, 3.63) is 0 Å². The van der Waals surface area contributed by atoms with Gasteiger partial charge in [-0.25, -0.2) is 0 Å². The van der Waals surface area contributed by atoms with E-state index in [0.29, 0.717) is 5.25 Å². The normalized spacial score (nSPS) is 17.9. The van der Waals surface area contributed by atoms with E-state index in [1.54, 1.807) is 6.26 Å². The molecule has 0 N–H and O–H groups in total. The van der Waals surface area contributed by atoms with Crippen LogP contribution in [0.3, 0.4) is 0 Å². The van der Waals surface area contributed by atoms with Crippen LogP contribution < -0.4 is 0 Å². The lowest BCUT2D eigenvalue weighted by atomic mass is 10.4. The molecule has 0 aliphatic carbocycles. The average Bonchev–Trinajstić information content (AvgIpc) is 1.63. The zero-order valence-corrected chi connectivity index (χ0v) is 7.36. The monoisotopic (exact) mass is 149 g/mol. The minimum atomic E-state index is -0.673. The first-order valence-corrected chi connectivity index (χ1v) is 4.63. The van der Waals surface area contributed by atoms with Crippen LogP contribution in [0.1, 0.15) is 6.92 Å². The maximum absolute atomic E-state index is 10.8. The highest BCUT2D eigenvalue weighted by atomic mass is 32.2. The topological polar surface area (TPSA) is 20.3 Å². The minimum Gasteiger partial charge on any atom is -0.308 e. The summed E-state index contributed by atoms with van der Waals surface area (Å²) in [6.45, 7) is 2.90. The van der Waals surface area contributed by atoms with Crippen molar-refractivity contribution in [2.45, 2.75) is 12.2 Å². The lowest BCUT2D eigenvalue weighted by molar-refractivity contribution is 0.411. The number of hydrogen-bond donors (Lipinski definition) is 0. The van der Waals surface area contributed by atoms with Gasteiger partial charge in [0.1, 0.15) is 0 Å². The van der Waals surface area contributed by atoms with Gasteiger partial charge in [-0.1, -0.05) is 0 Å². The maximum Gasteiger partial charge on any atom is 0.0443 e. The molecule has 56 valence electrons. The molecule has 0 aromatic heterocycles. The number of rotatable bonds is 3. The molecule has 2 atom stereocenters. The molecule has 0 spiro atoms. The first kappa shape index (κ1) is 9.11. The molecule has 0 aromatic rings. The van der Waals surface area contributed by atoms with E-state index in [1.165, 1.54) is 0 Å². The van der Waals surface area contributed by atoms with Crippen molar-refractivity contribution in [3.8, 4) is 0 Å². The van der Waals surface area contributed by atoms with Crippen LogP contribution in [0, 0.1) is 0 Å². The van der Waals surface area contributed by atoms with Crippen molar-refractivity contribution < 1.29 is 4.21 Å². The quantitative estimate of drug-likeness (QED) is 0.576. The van der Waals surface area contributed by atoms with Gasteiger partial charge in [-0.15, -0.1) is 0 Å². The lowest BCUT2D eigenvalue weighted by Crippen LogP contribution is -2.26. The van der Waals surface area contributed by atoms with Crippen LogP contribution >= 0.6 is 0 Å². The molecule has 9 heavy (non-hydrogen) atoms. The summed E-state index contributed by atoms with van der Waals surface area (Å²) < 4.78 is 10.8. The van der Waals surface area contributed by atoms with E-state index in [9.17, 15) is 4.21 Å². The Morgan fingerprint density at radius 1 is 1.56 bits per heavy atom. The van der Waals surface area contributed by atoms with Gasteiger partial charge in [-0.3, -0.25) is 4.21 Å². The molecule has 0 saturated heterocycles. The molecule has 0 heterocycles. The summed E-state index contributed by atoms with van der Waals surface area (Å²) in [5, 5.41) is 0.292. The van der Waals surface area contributed by atoms with E-state index in [2.05, 4.69) is 0 Å². The van der Waals surface area contributed by atoms with Gasteiger partial charge in [0.05, 0.1) is 0 Å². The fourth-order valence-corrected chi connectivity index (χ4v) is 1.13. The zero-order valence-electron chi connectivity index (χ0n) is 6.55. The lowest BCUT2D eigenvalue weighted by Gasteiger charge is -2.13. The third-order valence-electron chi connectivity index (χ3n) is 1.19. The van der Waals surface area contributed by atoms with Gasteiger partial charge in [0.2, 0.25) is 0 Å². The van der Waals surface area contributed by atoms with Gasteiger partial charge in [0, 0.05) is 28.9 Å². The Labute approximate surface area is 59.7 Å². The highest BCUT2D eigenvalue weighted by Crippen LogP contribution is 1.92. The SMILES string of the molecule is CC(CN(C)C)S(C)=O. The molecule has 0 aliphatic heterocycles. The van der Waals surface area contributed by atoms with Crippen molar-refractivity contribution in [1.29, 1.82) is 0 Å². The first-order chi connectivity index (χ1) is 4.04. The number of nitrogens with zero attached hydrogens (tertiary/aromatic N) is 1. The van der Waals surface area contributed by atoms with Gasteiger partial charge in [0.25, 0.3) is 0 Å². The molecule has 0 saturated carbocycles. The van der Waals surface area contributed by atoms with Crippen LogP contribution in [-0.4, -0.2) is 41.3 Å². The first-order valence-electron chi connectivity index (χ1n) is 3.01. The predicted molar refractivity (Wildman–Crippen MR) is 42.1 cm³/mol. The van der Waals surface area contributed by atoms with E-state index < -0.39 is 10.8 Å². The van der Waals surface area contributed by atoms with Crippen molar-refractivity contribution in [2.75, 3.05) is 26.9 Å². The van der Waals surface area contributed by atoms with E-state index in [0.717, 1.165) is 6.54 Å². The highest BCUT2D eigenvalue weighted by molar-refractivity contribution is 7.84. The Hall–Kier alpha value is 0.110. The molecule has 0 radical (unpaired) electrons. The summed E-state index contributed by atoms with van der Waals surface area (Å²) in [6, 6.07) is 0. The van der Waals surface area contributed by atoms with E-state index in [1.807, 2.05) is 25.9 Å². The fraction of sp³-hybridized carbons (Fsp3) is 1.00. The number of hydrogen-bond acceptors (Lipinski definition) is 2. The summed E-state index contributed by atoms with van der Waals surface area (Å²) in [6.07, 6.45) is 1.74. The Balaban J connectivity index is 3.50. The molecule has 0 bridgehead atoms. The summed E-state index contributed by atoms with van der Waals surface area (Å²) in [7, 11) is 3.31. The van der Waals surface area contributed by atoms with Gasteiger partial charge < -0.3 is 4.90 Å². The molecule has 0 fully saturated rings. The van der Waals surface area contributed by atoms with Crippen molar-refractivity contribution in [3.63, 3.8) is 0 Å². The average molecular weight is 149 g/mol. The third kappa shape index (κ3) is 4.60. The van der Waals surface area contributed by atoms with E-state index >= 15 is 0 Å². The maximum atomic E-state index is 10.8. The standard InChI is InChI=1S/C6H15NOS/c1-6(9(4)8)5-7(2)3/h6H,5H2,1-4H3. The second-order valence-electron chi connectivity index (χ2n) is 2.57. The zero-order chi connectivity index (χ0) is 7.44. The van der Waals surface area contributed by atoms with Gasteiger partial charge in [-0.05, 0) is 21.0 Å². The second-order valence-corrected chi connectivity index (χ2v) is 4.37. The van der Waals surface area contributed by atoms with Crippen LogP contribution in [-0.2, 0) is 10.8 Å². The molecule has 0 amide bonds. The Bertz CT molecular complexity index is 103.